The van der Waals surface area contributed by atoms with Crippen molar-refractivity contribution in [2.75, 3.05) is 26.1 Å². The highest BCUT2D eigenvalue weighted by Gasteiger charge is 2.13. The van der Waals surface area contributed by atoms with Gasteiger partial charge >= 0.3 is 0 Å². The third-order valence-electron chi connectivity index (χ3n) is 5.66. The molecule has 1 aromatic heterocycles. The van der Waals surface area contributed by atoms with Gasteiger partial charge in [0.25, 0.3) is 5.91 Å². The fourth-order valence-electron chi connectivity index (χ4n) is 3.63. The highest BCUT2D eigenvalue weighted by molar-refractivity contribution is 6.31. The fourth-order valence-corrected chi connectivity index (χ4v) is 3.81. The van der Waals surface area contributed by atoms with E-state index in [2.05, 4.69) is 10.4 Å². The third-order valence-corrected chi connectivity index (χ3v) is 5.95. The van der Waals surface area contributed by atoms with Gasteiger partial charge in [-0.3, -0.25) is 4.79 Å². The van der Waals surface area contributed by atoms with E-state index in [1.54, 1.807) is 54.6 Å². The Kier molecular flexibility index (Phi) is 8.53. The van der Waals surface area contributed by atoms with Crippen molar-refractivity contribution in [3.8, 4) is 23.0 Å². The monoisotopic (exact) mass is 549 g/mol. The fraction of sp³-hybridized carbons (Fsp3) is 0.103. The molecule has 0 saturated heterocycles. The van der Waals surface area contributed by atoms with Gasteiger partial charge in [-0.1, -0.05) is 35.9 Å². The first-order valence-corrected chi connectivity index (χ1v) is 12.1. The maximum atomic E-state index is 13.5. The minimum absolute atomic E-state index is 0.0140. The zero-order chi connectivity index (χ0) is 27.9. The second-order valence-electron chi connectivity index (χ2n) is 8.31. The van der Waals surface area contributed by atoms with Crippen molar-refractivity contribution >= 4 is 47.5 Å². The summed E-state index contributed by atoms with van der Waals surface area (Å²) in [6, 6.07) is 15.6. The molecule has 0 aliphatic heterocycles. The maximum absolute atomic E-state index is 13.5. The summed E-state index contributed by atoms with van der Waals surface area (Å²) < 4.78 is 25.0. The molecule has 1 heterocycles. The van der Waals surface area contributed by atoms with Gasteiger partial charge in [0.2, 0.25) is 0 Å². The van der Waals surface area contributed by atoms with Crippen LogP contribution in [0.5, 0.6) is 23.0 Å². The van der Waals surface area contributed by atoms with Crippen LogP contribution in [0.4, 0.5) is 10.1 Å². The Labute approximate surface area is 229 Å². The van der Waals surface area contributed by atoms with Gasteiger partial charge in [-0.2, -0.15) is 9.78 Å². The molecular weight excluding hydrogens is 525 g/mol. The van der Waals surface area contributed by atoms with E-state index in [0.29, 0.717) is 28.6 Å². The van der Waals surface area contributed by atoms with Crippen LogP contribution in [-0.4, -0.2) is 46.7 Å². The molecule has 39 heavy (non-hydrogen) atoms. The molecule has 0 aliphatic carbocycles. The summed E-state index contributed by atoms with van der Waals surface area (Å²) in [5.41, 5.74) is 2.97. The minimum Gasteiger partial charge on any atom is -0.504 e. The highest BCUT2D eigenvalue weighted by Crippen LogP contribution is 2.28. The first kappa shape index (κ1) is 27.3. The summed E-state index contributed by atoms with van der Waals surface area (Å²) in [6.07, 6.45) is 6.97. The van der Waals surface area contributed by atoms with Crippen molar-refractivity contribution in [3.05, 3.63) is 94.0 Å². The molecule has 8 nitrogen and oxygen atoms in total. The Bertz CT molecular complexity index is 1560. The van der Waals surface area contributed by atoms with Crippen molar-refractivity contribution in [1.82, 2.24) is 9.78 Å². The summed E-state index contributed by atoms with van der Waals surface area (Å²) >= 11 is 5.84. The number of carbonyl (C=O) groups excluding carboxylic acids is 1. The van der Waals surface area contributed by atoms with Gasteiger partial charge in [-0.15, -0.1) is 0 Å². The highest BCUT2D eigenvalue weighted by atomic mass is 35.5. The van der Waals surface area contributed by atoms with E-state index in [4.69, 9.17) is 21.1 Å². The molecular formula is C29H25ClFN3O5. The molecule has 3 N–H and O–H groups in total. The lowest BCUT2D eigenvalue weighted by Crippen LogP contribution is -2.23. The number of carbonyl (C=O) groups is 1. The largest absolute Gasteiger partial charge is 0.504 e. The van der Waals surface area contributed by atoms with Gasteiger partial charge in [0.15, 0.2) is 23.0 Å². The SMILES string of the molecule is COc1cc(/C=C\c2cc(/C=C\c3ccc(O)c(OC)c3)n(C(=O)CNc3ccc(F)c(Cl)c3)n2)ccc1O. The van der Waals surface area contributed by atoms with E-state index in [1.165, 1.54) is 49.2 Å². The number of phenolic OH excluding ortho intramolecular Hbond substituents is 2. The Morgan fingerprint density at radius 1 is 0.923 bits per heavy atom. The molecule has 0 amide bonds. The molecule has 4 aromatic rings. The second kappa shape index (κ2) is 12.2. The molecule has 0 radical (unpaired) electrons. The van der Waals surface area contributed by atoms with Crippen LogP contribution < -0.4 is 14.8 Å². The zero-order valence-electron chi connectivity index (χ0n) is 21.1. The van der Waals surface area contributed by atoms with Crippen LogP contribution >= 0.6 is 11.6 Å². The molecule has 3 aromatic carbocycles. The number of rotatable bonds is 9. The lowest BCUT2D eigenvalue weighted by atomic mass is 10.1. The molecule has 0 aliphatic rings. The molecule has 200 valence electrons. The number of nitrogens with zero attached hydrogens (tertiary/aromatic N) is 2. The van der Waals surface area contributed by atoms with Gasteiger partial charge in [0.05, 0.1) is 37.2 Å². The molecule has 0 bridgehead atoms. The Morgan fingerprint density at radius 3 is 2.13 bits per heavy atom. The summed E-state index contributed by atoms with van der Waals surface area (Å²) in [4.78, 5) is 13.1. The van der Waals surface area contributed by atoms with Crippen LogP contribution in [0.1, 0.15) is 27.3 Å². The van der Waals surface area contributed by atoms with Crippen molar-refractivity contribution in [2.24, 2.45) is 0 Å². The first-order valence-electron chi connectivity index (χ1n) is 11.7. The predicted octanol–water partition coefficient (Wildman–Crippen LogP) is 6.20. The molecule has 0 unspecified atom stereocenters. The second-order valence-corrected chi connectivity index (χ2v) is 8.72. The van der Waals surface area contributed by atoms with E-state index in [0.717, 1.165) is 11.1 Å². The molecule has 4 rings (SSSR count). The summed E-state index contributed by atoms with van der Waals surface area (Å²) in [6.45, 7) is -0.129. The predicted molar refractivity (Wildman–Crippen MR) is 150 cm³/mol. The molecule has 0 atom stereocenters. The molecule has 0 fully saturated rings. The van der Waals surface area contributed by atoms with Crippen LogP contribution in [0.25, 0.3) is 24.3 Å². The topological polar surface area (TPSA) is 106 Å². The number of aromatic nitrogens is 2. The molecule has 0 spiro atoms. The quantitative estimate of drug-likeness (QED) is 0.228. The van der Waals surface area contributed by atoms with E-state index < -0.39 is 5.82 Å². The maximum Gasteiger partial charge on any atom is 0.266 e. The lowest BCUT2D eigenvalue weighted by molar-refractivity contribution is 0.0912. The first-order chi connectivity index (χ1) is 18.8. The number of nitrogens with one attached hydrogen (secondary N) is 1. The number of anilines is 1. The van der Waals surface area contributed by atoms with Gasteiger partial charge in [0.1, 0.15) is 5.82 Å². The van der Waals surface area contributed by atoms with E-state index in [1.807, 2.05) is 0 Å². The number of hydrogen-bond acceptors (Lipinski definition) is 7. The van der Waals surface area contributed by atoms with Crippen LogP contribution in [0.2, 0.25) is 5.02 Å². The lowest BCUT2D eigenvalue weighted by Gasteiger charge is -2.08. The number of phenols is 2. The van der Waals surface area contributed by atoms with E-state index in [-0.39, 0.29) is 29.0 Å². The Morgan fingerprint density at radius 2 is 1.54 bits per heavy atom. The van der Waals surface area contributed by atoms with E-state index in [9.17, 15) is 19.4 Å². The number of methoxy groups -OCH3 is 2. The normalized spacial score (nSPS) is 11.3. The number of hydrogen-bond donors (Lipinski definition) is 3. The average Bonchev–Trinajstić information content (AvgIpc) is 3.35. The molecule has 10 heteroatoms. The number of ether oxygens (including phenoxy) is 2. The van der Waals surface area contributed by atoms with Gasteiger partial charge in [-0.05, 0) is 71.8 Å². The zero-order valence-corrected chi connectivity index (χ0v) is 21.8. The van der Waals surface area contributed by atoms with Crippen LogP contribution in [0.15, 0.2) is 60.7 Å². The van der Waals surface area contributed by atoms with Gasteiger partial charge in [0, 0.05) is 5.69 Å². The Balaban J connectivity index is 1.62. The average molecular weight is 550 g/mol. The van der Waals surface area contributed by atoms with E-state index >= 15 is 0 Å². The van der Waals surface area contributed by atoms with Crippen LogP contribution in [-0.2, 0) is 0 Å². The smallest absolute Gasteiger partial charge is 0.266 e. The van der Waals surface area contributed by atoms with Gasteiger partial charge < -0.3 is 25.0 Å². The number of halogens is 2. The van der Waals surface area contributed by atoms with Crippen molar-refractivity contribution in [2.45, 2.75) is 0 Å². The molecule has 0 saturated carbocycles. The van der Waals surface area contributed by atoms with Crippen LogP contribution in [0, 0.1) is 5.82 Å². The number of aromatic hydroxyl groups is 2. The summed E-state index contributed by atoms with van der Waals surface area (Å²) in [5, 5.41) is 27.0. The number of benzene rings is 3. The van der Waals surface area contributed by atoms with Crippen molar-refractivity contribution < 1.29 is 28.9 Å². The van der Waals surface area contributed by atoms with Crippen LogP contribution in [0.3, 0.4) is 0 Å². The summed E-state index contributed by atoms with van der Waals surface area (Å²) in [5.74, 6) is -0.238. The van der Waals surface area contributed by atoms with Crippen molar-refractivity contribution in [3.63, 3.8) is 0 Å². The standard InChI is InChI=1S/C29H25ClFN3O5/c1-38-27-13-18(5-11-25(27)35)3-7-21-15-22(9-4-19-6-12-26(36)28(14-19)39-2)34(33-21)29(37)17-32-20-8-10-24(31)23(30)16-20/h3-16,32,35-36H,17H2,1-2H3/b7-3-,9-4-. The third kappa shape index (κ3) is 6.77. The summed E-state index contributed by atoms with van der Waals surface area (Å²) in [7, 11) is 2.92. The Hall–Kier alpha value is -4.76. The van der Waals surface area contributed by atoms with Gasteiger partial charge in [-0.25, -0.2) is 4.39 Å². The van der Waals surface area contributed by atoms with Crippen molar-refractivity contribution in [1.29, 1.82) is 0 Å². The minimum atomic E-state index is -0.554.